The molecule has 1 aliphatic carbocycles. The number of rotatable bonds is 4. The smallest absolute Gasteiger partial charge is 0.224 e. The summed E-state index contributed by atoms with van der Waals surface area (Å²) >= 11 is 5.99. The van der Waals surface area contributed by atoms with Crippen LogP contribution in [-0.4, -0.2) is 18.0 Å². The van der Waals surface area contributed by atoms with Crippen LogP contribution in [0.1, 0.15) is 24.8 Å². The van der Waals surface area contributed by atoms with Crippen molar-refractivity contribution < 1.29 is 4.79 Å². The molecule has 1 aliphatic rings. The van der Waals surface area contributed by atoms with Crippen molar-refractivity contribution in [1.82, 2.24) is 5.32 Å². The molecule has 1 aromatic rings. The highest BCUT2D eigenvalue weighted by Gasteiger charge is 2.32. The zero-order valence-corrected chi connectivity index (χ0v) is 11.7. The van der Waals surface area contributed by atoms with Gasteiger partial charge in [0.2, 0.25) is 5.91 Å². The molecule has 0 aliphatic heterocycles. The van der Waals surface area contributed by atoms with Crippen LogP contribution in [0.4, 0.5) is 0 Å². The predicted molar refractivity (Wildman–Crippen MR) is 76.2 cm³/mol. The molecule has 18 heavy (non-hydrogen) atoms. The molecule has 5 heteroatoms. The summed E-state index contributed by atoms with van der Waals surface area (Å²) in [4.78, 5) is 11.7. The van der Waals surface area contributed by atoms with Gasteiger partial charge in [0, 0.05) is 17.1 Å². The van der Waals surface area contributed by atoms with Crippen molar-refractivity contribution in [3.63, 3.8) is 0 Å². The molecule has 0 saturated heterocycles. The number of halogens is 2. The van der Waals surface area contributed by atoms with Crippen molar-refractivity contribution >= 4 is 29.9 Å². The zero-order valence-electron chi connectivity index (χ0n) is 10.1. The standard InChI is InChI=1S/C13H17ClN2O.ClH/c14-11-5-2-1-4-10(11)8-12(17)16-9-13(15)6-3-7-13;/h1-2,4-5H,3,6-9,15H2,(H,16,17);1H. The molecule has 1 saturated carbocycles. The summed E-state index contributed by atoms with van der Waals surface area (Å²) in [7, 11) is 0. The van der Waals surface area contributed by atoms with Gasteiger partial charge in [-0.25, -0.2) is 0 Å². The van der Waals surface area contributed by atoms with E-state index in [0.29, 0.717) is 18.0 Å². The van der Waals surface area contributed by atoms with Crippen LogP contribution >= 0.6 is 24.0 Å². The van der Waals surface area contributed by atoms with Gasteiger partial charge in [0.15, 0.2) is 0 Å². The van der Waals surface area contributed by atoms with E-state index in [1.165, 1.54) is 0 Å². The van der Waals surface area contributed by atoms with E-state index >= 15 is 0 Å². The first-order chi connectivity index (χ1) is 8.09. The summed E-state index contributed by atoms with van der Waals surface area (Å²) < 4.78 is 0. The van der Waals surface area contributed by atoms with Gasteiger partial charge < -0.3 is 11.1 Å². The van der Waals surface area contributed by atoms with Gasteiger partial charge in [0.1, 0.15) is 0 Å². The second-order valence-electron chi connectivity index (χ2n) is 4.76. The fourth-order valence-electron chi connectivity index (χ4n) is 1.96. The topological polar surface area (TPSA) is 55.1 Å². The lowest BCUT2D eigenvalue weighted by molar-refractivity contribution is -0.120. The van der Waals surface area contributed by atoms with Crippen molar-refractivity contribution in [2.45, 2.75) is 31.2 Å². The number of amides is 1. The van der Waals surface area contributed by atoms with Crippen molar-refractivity contribution in [3.05, 3.63) is 34.9 Å². The Morgan fingerprint density at radius 1 is 1.39 bits per heavy atom. The molecular weight excluding hydrogens is 271 g/mol. The van der Waals surface area contributed by atoms with Crippen LogP contribution in [0.5, 0.6) is 0 Å². The minimum absolute atomic E-state index is 0. The molecule has 0 bridgehead atoms. The molecule has 2 rings (SSSR count). The van der Waals surface area contributed by atoms with Gasteiger partial charge in [-0.2, -0.15) is 0 Å². The third-order valence-electron chi connectivity index (χ3n) is 3.30. The minimum Gasteiger partial charge on any atom is -0.354 e. The van der Waals surface area contributed by atoms with Crippen molar-refractivity contribution in [3.8, 4) is 0 Å². The highest BCUT2D eigenvalue weighted by Crippen LogP contribution is 2.28. The summed E-state index contributed by atoms with van der Waals surface area (Å²) in [6.07, 6.45) is 3.48. The summed E-state index contributed by atoms with van der Waals surface area (Å²) in [5, 5.41) is 3.51. The predicted octanol–water partition coefficient (Wildman–Crippen LogP) is 2.30. The van der Waals surface area contributed by atoms with Gasteiger partial charge in [0.05, 0.1) is 6.42 Å². The number of carbonyl (C=O) groups excluding carboxylic acids is 1. The minimum atomic E-state index is -0.170. The van der Waals surface area contributed by atoms with E-state index in [4.69, 9.17) is 17.3 Å². The molecule has 0 unspecified atom stereocenters. The molecular formula is C13H18Cl2N2O. The van der Waals surface area contributed by atoms with Crippen molar-refractivity contribution in [2.75, 3.05) is 6.54 Å². The van der Waals surface area contributed by atoms with Gasteiger partial charge in [-0.1, -0.05) is 29.8 Å². The first kappa shape index (κ1) is 15.3. The molecule has 1 fully saturated rings. The van der Waals surface area contributed by atoms with Crippen molar-refractivity contribution in [2.24, 2.45) is 5.73 Å². The number of benzene rings is 1. The number of nitrogens with one attached hydrogen (secondary N) is 1. The lowest BCUT2D eigenvalue weighted by Gasteiger charge is -2.38. The molecule has 0 heterocycles. The van der Waals surface area contributed by atoms with Crippen LogP contribution in [-0.2, 0) is 11.2 Å². The monoisotopic (exact) mass is 288 g/mol. The van der Waals surface area contributed by atoms with E-state index < -0.39 is 0 Å². The number of carbonyl (C=O) groups is 1. The van der Waals surface area contributed by atoms with E-state index in [2.05, 4.69) is 5.32 Å². The van der Waals surface area contributed by atoms with Crippen LogP contribution in [0.3, 0.4) is 0 Å². The fraction of sp³-hybridized carbons (Fsp3) is 0.462. The maximum atomic E-state index is 11.7. The third-order valence-corrected chi connectivity index (χ3v) is 3.66. The van der Waals surface area contributed by atoms with E-state index in [-0.39, 0.29) is 23.9 Å². The van der Waals surface area contributed by atoms with Crippen LogP contribution < -0.4 is 11.1 Å². The average Bonchev–Trinajstić information content (AvgIpc) is 2.27. The van der Waals surface area contributed by atoms with Crippen LogP contribution in [0.25, 0.3) is 0 Å². The fourth-order valence-corrected chi connectivity index (χ4v) is 2.16. The van der Waals surface area contributed by atoms with Gasteiger partial charge in [-0.15, -0.1) is 12.4 Å². The van der Waals surface area contributed by atoms with E-state index in [0.717, 1.165) is 24.8 Å². The van der Waals surface area contributed by atoms with Crippen LogP contribution in [0.15, 0.2) is 24.3 Å². The summed E-state index contributed by atoms with van der Waals surface area (Å²) in [5.41, 5.74) is 6.72. The van der Waals surface area contributed by atoms with Crippen LogP contribution in [0, 0.1) is 0 Å². The maximum absolute atomic E-state index is 11.7. The maximum Gasteiger partial charge on any atom is 0.224 e. The Morgan fingerprint density at radius 3 is 2.61 bits per heavy atom. The first-order valence-electron chi connectivity index (χ1n) is 5.88. The van der Waals surface area contributed by atoms with Gasteiger partial charge in [-0.05, 0) is 30.9 Å². The summed E-state index contributed by atoms with van der Waals surface area (Å²) in [5.74, 6) is -0.0187. The molecule has 1 amide bonds. The highest BCUT2D eigenvalue weighted by molar-refractivity contribution is 6.31. The van der Waals surface area contributed by atoms with E-state index in [1.807, 2.05) is 18.2 Å². The Kier molecular flexibility index (Phi) is 5.45. The Hall–Kier alpha value is -0.770. The summed E-state index contributed by atoms with van der Waals surface area (Å²) in [6, 6.07) is 7.39. The normalized spacial score (nSPS) is 16.3. The van der Waals surface area contributed by atoms with Crippen molar-refractivity contribution in [1.29, 1.82) is 0 Å². The van der Waals surface area contributed by atoms with Gasteiger partial charge in [-0.3, -0.25) is 4.79 Å². The largest absolute Gasteiger partial charge is 0.354 e. The Morgan fingerprint density at radius 2 is 2.06 bits per heavy atom. The molecule has 100 valence electrons. The number of nitrogens with two attached hydrogens (primary N) is 1. The SMILES string of the molecule is Cl.NC1(CNC(=O)Cc2ccccc2Cl)CCC1. The Bertz CT molecular complexity index is 419. The molecule has 0 atom stereocenters. The lowest BCUT2D eigenvalue weighted by Crippen LogP contribution is -2.55. The molecule has 3 N–H and O–H groups in total. The first-order valence-corrected chi connectivity index (χ1v) is 6.26. The highest BCUT2D eigenvalue weighted by atomic mass is 35.5. The zero-order chi connectivity index (χ0) is 12.3. The lowest BCUT2D eigenvalue weighted by atomic mass is 9.78. The van der Waals surface area contributed by atoms with Gasteiger partial charge >= 0.3 is 0 Å². The number of hydrogen-bond donors (Lipinski definition) is 2. The quantitative estimate of drug-likeness (QED) is 0.893. The molecule has 0 aromatic heterocycles. The van der Waals surface area contributed by atoms with Crippen LogP contribution in [0.2, 0.25) is 5.02 Å². The average molecular weight is 289 g/mol. The third kappa shape index (κ3) is 3.87. The number of hydrogen-bond acceptors (Lipinski definition) is 2. The van der Waals surface area contributed by atoms with E-state index in [9.17, 15) is 4.79 Å². The Labute approximate surface area is 118 Å². The Balaban J connectivity index is 0.00000162. The molecule has 0 spiro atoms. The molecule has 3 nitrogen and oxygen atoms in total. The second-order valence-corrected chi connectivity index (χ2v) is 5.17. The summed E-state index contributed by atoms with van der Waals surface area (Å²) in [6.45, 7) is 0.566. The molecule has 0 radical (unpaired) electrons. The second kappa shape index (κ2) is 6.41. The molecule has 1 aromatic carbocycles. The van der Waals surface area contributed by atoms with E-state index in [1.54, 1.807) is 6.07 Å². The van der Waals surface area contributed by atoms with Gasteiger partial charge in [0.25, 0.3) is 0 Å².